The van der Waals surface area contributed by atoms with Crippen LogP contribution in [0.3, 0.4) is 0 Å². The van der Waals surface area contributed by atoms with Gasteiger partial charge in [0.05, 0.1) is 6.04 Å². The van der Waals surface area contributed by atoms with Crippen LogP contribution in [0.5, 0.6) is 0 Å². The van der Waals surface area contributed by atoms with Crippen LogP contribution < -0.4 is 10.6 Å². The zero-order valence-corrected chi connectivity index (χ0v) is 7.13. The highest BCUT2D eigenvalue weighted by atomic mass is 16.4. The van der Waals surface area contributed by atoms with Gasteiger partial charge in [-0.25, -0.2) is 4.79 Å². The Morgan fingerprint density at radius 3 is 2.83 bits per heavy atom. The molecular weight excluding hydrogens is 156 g/mol. The van der Waals surface area contributed by atoms with Gasteiger partial charge in [-0.15, -0.1) is 6.42 Å². The number of rotatable bonds is 5. The molecule has 0 saturated carbocycles. The van der Waals surface area contributed by atoms with Crippen molar-refractivity contribution < 1.29 is 9.90 Å². The van der Waals surface area contributed by atoms with Gasteiger partial charge in [-0.2, -0.15) is 0 Å². The predicted octanol–water partition coefficient (Wildman–Crippen LogP) is 0.255. The van der Waals surface area contributed by atoms with E-state index in [9.17, 15) is 4.79 Å². The highest BCUT2D eigenvalue weighted by Gasteiger charge is 1.95. The molecule has 0 aromatic rings. The van der Waals surface area contributed by atoms with Crippen LogP contribution in [-0.4, -0.2) is 30.3 Å². The van der Waals surface area contributed by atoms with Crippen molar-refractivity contribution >= 4 is 6.09 Å². The average molecular weight is 170 g/mol. The molecule has 0 fully saturated rings. The van der Waals surface area contributed by atoms with Crippen molar-refractivity contribution in [3.05, 3.63) is 0 Å². The van der Waals surface area contributed by atoms with E-state index in [2.05, 4.69) is 16.6 Å². The molecule has 0 saturated heterocycles. The Kier molecular flexibility index (Phi) is 5.84. The van der Waals surface area contributed by atoms with Crippen molar-refractivity contribution in [3.63, 3.8) is 0 Å². The van der Waals surface area contributed by atoms with E-state index in [0.29, 0.717) is 6.54 Å². The Bertz CT molecular complexity index is 174. The van der Waals surface area contributed by atoms with Crippen LogP contribution in [-0.2, 0) is 0 Å². The Morgan fingerprint density at radius 2 is 2.33 bits per heavy atom. The quantitative estimate of drug-likeness (QED) is 0.409. The maximum atomic E-state index is 9.99. The number of carbonyl (C=O) groups is 1. The summed E-state index contributed by atoms with van der Waals surface area (Å²) in [6.45, 7) is 3.07. The van der Waals surface area contributed by atoms with Gasteiger partial charge in [-0.05, 0) is 19.9 Å². The van der Waals surface area contributed by atoms with Crippen LogP contribution in [0.1, 0.15) is 13.3 Å². The fourth-order valence-corrected chi connectivity index (χ4v) is 0.661. The Hall–Kier alpha value is -1.21. The van der Waals surface area contributed by atoms with Gasteiger partial charge in [0, 0.05) is 6.54 Å². The molecule has 0 aliphatic rings. The first kappa shape index (κ1) is 10.8. The molecule has 0 spiro atoms. The highest BCUT2D eigenvalue weighted by Crippen LogP contribution is 1.78. The number of hydrogen-bond acceptors (Lipinski definition) is 2. The summed E-state index contributed by atoms with van der Waals surface area (Å²) in [5, 5.41) is 13.5. The Morgan fingerprint density at radius 1 is 1.67 bits per heavy atom. The Balaban J connectivity index is 3.12. The first-order valence-electron chi connectivity index (χ1n) is 3.83. The summed E-state index contributed by atoms with van der Waals surface area (Å²) in [5.41, 5.74) is 0. The molecule has 0 aliphatic heterocycles. The number of amides is 1. The molecule has 12 heavy (non-hydrogen) atoms. The summed E-state index contributed by atoms with van der Waals surface area (Å²) in [4.78, 5) is 9.99. The normalized spacial score (nSPS) is 11.7. The van der Waals surface area contributed by atoms with E-state index in [0.717, 1.165) is 13.0 Å². The van der Waals surface area contributed by atoms with E-state index in [1.165, 1.54) is 0 Å². The molecule has 0 aromatic carbocycles. The lowest BCUT2D eigenvalue weighted by Gasteiger charge is -2.06. The fraction of sp³-hybridized carbons (Fsp3) is 0.625. The maximum absolute atomic E-state index is 9.99. The maximum Gasteiger partial charge on any atom is 0.404 e. The van der Waals surface area contributed by atoms with Gasteiger partial charge < -0.3 is 15.7 Å². The van der Waals surface area contributed by atoms with Crippen molar-refractivity contribution in [2.24, 2.45) is 0 Å². The molecule has 4 heteroatoms. The molecule has 1 atom stereocenters. The molecule has 3 N–H and O–H groups in total. The van der Waals surface area contributed by atoms with Gasteiger partial charge in [-0.3, -0.25) is 0 Å². The third-order valence-corrected chi connectivity index (χ3v) is 1.33. The zero-order chi connectivity index (χ0) is 9.40. The van der Waals surface area contributed by atoms with Crippen LogP contribution >= 0.6 is 0 Å². The zero-order valence-electron chi connectivity index (χ0n) is 7.13. The largest absolute Gasteiger partial charge is 0.465 e. The predicted molar refractivity (Wildman–Crippen MR) is 46.9 cm³/mol. The first-order valence-corrected chi connectivity index (χ1v) is 3.83. The van der Waals surface area contributed by atoms with Crippen LogP contribution in [0.15, 0.2) is 0 Å². The van der Waals surface area contributed by atoms with Gasteiger partial charge in [-0.1, -0.05) is 5.92 Å². The van der Waals surface area contributed by atoms with E-state index in [1.54, 1.807) is 0 Å². The molecule has 0 aromatic heterocycles. The topological polar surface area (TPSA) is 61.4 Å². The third-order valence-electron chi connectivity index (χ3n) is 1.33. The second kappa shape index (κ2) is 6.50. The summed E-state index contributed by atoms with van der Waals surface area (Å²) >= 11 is 0. The first-order chi connectivity index (χ1) is 5.66. The summed E-state index contributed by atoms with van der Waals surface area (Å²) in [6, 6.07) is 0.0508. The minimum Gasteiger partial charge on any atom is -0.465 e. The van der Waals surface area contributed by atoms with Crippen molar-refractivity contribution in [2.75, 3.05) is 13.1 Å². The summed E-state index contributed by atoms with van der Waals surface area (Å²) in [5.74, 6) is 2.52. The molecule has 4 nitrogen and oxygen atoms in total. The SMILES string of the molecule is C#CC(C)NCCCNC(=O)O. The van der Waals surface area contributed by atoms with E-state index >= 15 is 0 Å². The number of carboxylic acid groups (broad SMARTS) is 1. The van der Waals surface area contributed by atoms with Gasteiger partial charge >= 0.3 is 6.09 Å². The summed E-state index contributed by atoms with van der Waals surface area (Å²) < 4.78 is 0. The van der Waals surface area contributed by atoms with Gasteiger partial charge in [0.2, 0.25) is 0 Å². The van der Waals surface area contributed by atoms with Crippen molar-refractivity contribution in [3.8, 4) is 12.3 Å². The number of hydrogen-bond donors (Lipinski definition) is 3. The lowest BCUT2D eigenvalue weighted by Crippen LogP contribution is -2.29. The van der Waals surface area contributed by atoms with Crippen LogP contribution in [0.4, 0.5) is 4.79 Å². The molecule has 0 aliphatic carbocycles. The lowest BCUT2D eigenvalue weighted by atomic mass is 10.3. The molecule has 1 amide bonds. The van der Waals surface area contributed by atoms with Crippen LogP contribution in [0, 0.1) is 12.3 Å². The Labute approximate surface area is 72.3 Å². The molecular formula is C8H14N2O2. The third kappa shape index (κ3) is 6.90. The van der Waals surface area contributed by atoms with Crippen molar-refractivity contribution in [2.45, 2.75) is 19.4 Å². The number of nitrogens with one attached hydrogen (secondary N) is 2. The van der Waals surface area contributed by atoms with Gasteiger partial charge in [0.25, 0.3) is 0 Å². The van der Waals surface area contributed by atoms with E-state index in [1.807, 2.05) is 6.92 Å². The van der Waals surface area contributed by atoms with E-state index in [4.69, 9.17) is 11.5 Å². The molecule has 0 bridgehead atoms. The van der Waals surface area contributed by atoms with E-state index < -0.39 is 6.09 Å². The van der Waals surface area contributed by atoms with Crippen LogP contribution in [0.25, 0.3) is 0 Å². The van der Waals surface area contributed by atoms with E-state index in [-0.39, 0.29) is 6.04 Å². The van der Waals surface area contributed by atoms with Crippen LogP contribution in [0.2, 0.25) is 0 Å². The van der Waals surface area contributed by atoms with Crippen molar-refractivity contribution in [1.82, 2.24) is 10.6 Å². The average Bonchev–Trinajstić information content (AvgIpc) is 2.03. The minimum atomic E-state index is -0.986. The lowest BCUT2D eigenvalue weighted by molar-refractivity contribution is 0.194. The van der Waals surface area contributed by atoms with Gasteiger partial charge in [0.1, 0.15) is 0 Å². The second-order valence-corrected chi connectivity index (χ2v) is 2.43. The minimum absolute atomic E-state index is 0.0508. The highest BCUT2D eigenvalue weighted by molar-refractivity contribution is 5.64. The molecule has 1 unspecified atom stereocenters. The molecule has 68 valence electrons. The molecule has 0 rings (SSSR count). The monoisotopic (exact) mass is 170 g/mol. The smallest absolute Gasteiger partial charge is 0.404 e. The molecule has 0 heterocycles. The summed E-state index contributed by atoms with van der Waals surface area (Å²) in [7, 11) is 0. The summed E-state index contributed by atoms with van der Waals surface area (Å²) in [6.07, 6.45) is 4.87. The van der Waals surface area contributed by atoms with Gasteiger partial charge in [0.15, 0.2) is 0 Å². The molecule has 0 radical (unpaired) electrons. The fourth-order valence-electron chi connectivity index (χ4n) is 0.661. The second-order valence-electron chi connectivity index (χ2n) is 2.43. The van der Waals surface area contributed by atoms with Crippen molar-refractivity contribution in [1.29, 1.82) is 0 Å². The number of terminal acetylenes is 1. The standard InChI is InChI=1S/C8H14N2O2/c1-3-7(2)9-5-4-6-10-8(11)12/h1,7,9-10H,4-6H2,2H3,(H,11,12).